The van der Waals surface area contributed by atoms with Crippen LogP contribution in [0.4, 0.5) is 19.0 Å². The number of anilines is 1. The molecule has 0 spiro atoms. The SMILES string of the molecule is N#Cc1cnc(N)c(CCl)c1OC(F)(F)F. The minimum absolute atomic E-state index is 0.155. The molecule has 0 aliphatic rings. The first-order chi connectivity index (χ1) is 7.39. The van der Waals surface area contributed by atoms with Gasteiger partial charge in [-0.1, -0.05) is 0 Å². The van der Waals surface area contributed by atoms with Crippen LogP contribution in [-0.2, 0) is 5.88 Å². The highest BCUT2D eigenvalue weighted by atomic mass is 35.5. The van der Waals surface area contributed by atoms with E-state index < -0.39 is 12.1 Å². The number of nitrogens with two attached hydrogens (primary N) is 1. The standard InChI is InChI=1S/C8H5ClF3N3O/c9-1-5-6(16-8(10,11)12)4(2-13)3-15-7(5)14/h3H,1H2,(H2,14,15). The van der Waals surface area contributed by atoms with E-state index in [-0.39, 0.29) is 22.8 Å². The Morgan fingerprint density at radius 3 is 2.62 bits per heavy atom. The topological polar surface area (TPSA) is 71.9 Å². The Bertz CT molecular complexity index is 441. The maximum absolute atomic E-state index is 12.1. The van der Waals surface area contributed by atoms with Gasteiger partial charge >= 0.3 is 6.36 Å². The van der Waals surface area contributed by atoms with Crippen molar-refractivity contribution in [2.45, 2.75) is 12.2 Å². The van der Waals surface area contributed by atoms with Crippen LogP contribution in [-0.4, -0.2) is 11.3 Å². The molecule has 0 fully saturated rings. The lowest BCUT2D eigenvalue weighted by Gasteiger charge is -2.14. The summed E-state index contributed by atoms with van der Waals surface area (Å²) in [6.07, 6.45) is -4.02. The van der Waals surface area contributed by atoms with Crippen molar-refractivity contribution in [1.82, 2.24) is 4.98 Å². The van der Waals surface area contributed by atoms with Gasteiger partial charge in [0.1, 0.15) is 17.5 Å². The molecule has 0 atom stereocenters. The number of aromatic nitrogens is 1. The number of alkyl halides is 4. The number of halogens is 4. The predicted octanol–water partition coefficient (Wildman–Crippen LogP) is 2.17. The highest BCUT2D eigenvalue weighted by Crippen LogP contribution is 2.32. The van der Waals surface area contributed by atoms with Gasteiger partial charge in [0, 0.05) is 0 Å². The molecule has 4 nitrogen and oxygen atoms in total. The minimum Gasteiger partial charge on any atom is -0.404 e. The lowest BCUT2D eigenvalue weighted by atomic mass is 10.2. The number of pyridine rings is 1. The lowest BCUT2D eigenvalue weighted by Crippen LogP contribution is -2.19. The van der Waals surface area contributed by atoms with E-state index >= 15 is 0 Å². The van der Waals surface area contributed by atoms with E-state index in [0.717, 1.165) is 6.20 Å². The van der Waals surface area contributed by atoms with Crippen molar-refractivity contribution in [3.05, 3.63) is 17.3 Å². The van der Waals surface area contributed by atoms with Gasteiger partial charge in [0.05, 0.1) is 17.6 Å². The average molecular weight is 252 g/mol. The second-order valence-corrected chi connectivity index (χ2v) is 2.93. The zero-order valence-corrected chi connectivity index (χ0v) is 8.43. The monoisotopic (exact) mass is 251 g/mol. The van der Waals surface area contributed by atoms with Gasteiger partial charge in [-0.25, -0.2) is 4.98 Å². The lowest BCUT2D eigenvalue weighted by molar-refractivity contribution is -0.274. The summed E-state index contributed by atoms with van der Waals surface area (Å²) in [6.45, 7) is 0. The summed E-state index contributed by atoms with van der Waals surface area (Å²) >= 11 is 5.42. The van der Waals surface area contributed by atoms with Crippen molar-refractivity contribution in [2.24, 2.45) is 0 Å². The Morgan fingerprint density at radius 1 is 1.56 bits per heavy atom. The van der Waals surface area contributed by atoms with Gasteiger partial charge in [-0.2, -0.15) is 5.26 Å². The third kappa shape index (κ3) is 2.67. The van der Waals surface area contributed by atoms with E-state index in [2.05, 4.69) is 9.72 Å². The number of rotatable bonds is 2. The molecule has 1 aromatic rings. The Balaban J connectivity index is 3.32. The van der Waals surface area contributed by atoms with Gasteiger partial charge in [0.25, 0.3) is 0 Å². The van der Waals surface area contributed by atoms with Crippen LogP contribution in [0.2, 0.25) is 0 Å². The number of nitrogen functional groups attached to an aromatic ring is 1. The molecular formula is C8H5ClF3N3O. The Labute approximate surface area is 93.4 Å². The van der Waals surface area contributed by atoms with E-state index in [1.54, 1.807) is 0 Å². The summed E-state index contributed by atoms with van der Waals surface area (Å²) in [5, 5.41) is 8.60. The third-order valence-electron chi connectivity index (χ3n) is 1.63. The first kappa shape index (κ1) is 12.4. The maximum atomic E-state index is 12.1. The summed E-state index contributed by atoms with van der Waals surface area (Å²) in [6, 6.07) is 1.52. The second-order valence-electron chi connectivity index (χ2n) is 2.66. The number of hydrogen-bond acceptors (Lipinski definition) is 4. The molecule has 1 aromatic heterocycles. The zero-order chi connectivity index (χ0) is 12.3. The fourth-order valence-electron chi connectivity index (χ4n) is 0.991. The van der Waals surface area contributed by atoms with Crippen molar-refractivity contribution in [2.75, 3.05) is 5.73 Å². The number of nitrogens with zero attached hydrogens (tertiary/aromatic N) is 2. The Kier molecular flexibility index (Phi) is 3.44. The van der Waals surface area contributed by atoms with Gasteiger partial charge in [-0.05, 0) is 0 Å². The van der Waals surface area contributed by atoms with E-state index in [1.165, 1.54) is 6.07 Å². The molecule has 0 saturated heterocycles. The third-order valence-corrected chi connectivity index (χ3v) is 1.90. The fraction of sp³-hybridized carbons (Fsp3) is 0.250. The van der Waals surface area contributed by atoms with Gasteiger partial charge in [0.2, 0.25) is 0 Å². The van der Waals surface area contributed by atoms with Crippen LogP contribution >= 0.6 is 11.6 Å². The van der Waals surface area contributed by atoms with Crippen molar-refractivity contribution in [3.63, 3.8) is 0 Å². The molecule has 1 rings (SSSR count). The second kappa shape index (κ2) is 4.45. The van der Waals surface area contributed by atoms with Crippen molar-refractivity contribution < 1.29 is 17.9 Å². The highest BCUT2D eigenvalue weighted by molar-refractivity contribution is 6.17. The van der Waals surface area contributed by atoms with Crippen LogP contribution in [0.25, 0.3) is 0 Å². The minimum atomic E-state index is -4.92. The summed E-state index contributed by atoms with van der Waals surface area (Å²) in [5.74, 6) is -1.23. The van der Waals surface area contributed by atoms with Crippen LogP contribution in [0.5, 0.6) is 5.75 Å². The first-order valence-corrected chi connectivity index (χ1v) is 4.41. The molecule has 0 radical (unpaired) electrons. The van der Waals surface area contributed by atoms with Gasteiger partial charge < -0.3 is 10.5 Å². The molecular weight excluding hydrogens is 247 g/mol. The molecule has 0 aliphatic carbocycles. The summed E-state index contributed by atoms with van der Waals surface area (Å²) in [5.41, 5.74) is 4.79. The van der Waals surface area contributed by atoms with Gasteiger partial charge in [-0.3, -0.25) is 0 Å². The molecule has 0 saturated carbocycles. The van der Waals surface area contributed by atoms with Crippen LogP contribution in [0.3, 0.4) is 0 Å². The fourth-order valence-corrected chi connectivity index (χ4v) is 1.25. The quantitative estimate of drug-likeness (QED) is 0.818. The van der Waals surface area contributed by atoms with Gasteiger partial charge in [0.15, 0.2) is 5.75 Å². The van der Waals surface area contributed by atoms with Crippen molar-refractivity contribution in [1.29, 1.82) is 5.26 Å². The van der Waals surface area contributed by atoms with E-state index in [9.17, 15) is 13.2 Å². The highest BCUT2D eigenvalue weighted by Gasteiger charge is 2.34. The van der Waals surface area contributed by atoms with Crippen molar-refractivity contribution >= 4 is 17.4 Å². The Morgan fingerprint density at radius 2 is 2.19 bits per heavy atom. The summed E-state index contributed by atoms with van der Waals surface area (Å²) < 4.78 is 39.9. The molecule has 1 heterocycles. The molecule has 16 heavy (non-hydrogen) atoms. The molecule has 0 unspecified atom stereocenters. The molecule has 86 valence electrons. The summed E-state index contributed by atoms with van der Waals surface area (Å²) in [4.78, 5) is 3.53. The van der Waals surface area contributed by atoms with Crippen LogP contribution in [0.15, 0.2) is 6.20 Å². The smallest absolute Gasteiger partial charge is 0.404 e. The largest absolute Gasteiger partial charge is 0.573 e. The van der Waals surface area contributed by atoms with Gasteiger partial charge in [-0.15, -0.1) is 24.8 Å². The van der Waals surface area contributed by atoms with E-state index in [0.29, 0.717) is 0 Å². The number of nitriles is 1. The molecule has 0 aromatic carbocycles. The summed E-state index contributed by atoms with van der Waals surface area (Å²) in [7, 11) is 0. The van der Waals surface area contributed by atoms with Crippen LogP contribution in [0.1, 0.15) is 11.1 Å². The normalized spacial score (nSPS) is 10.9. The van der Waals surface area contributed by atoms with Crippen molar-refractivity contribution in [3.8, 4) is 11.8 Å². The number of ether oxygens (including phenoxy) is 1. The van der Waals surface area contributed by atoms with E-state index in [1.807, 2.05) is 0 Å². The van der Waals surface area contributed by atoms with Crippen LogP contribution in [0, 0.1) is 11.3 Å². The first-order valence-electron chi connectivity index (χ1n) is 3.88. The molecule has 8 heteroatoms. The maximum Gasteiger partial charge on any atom is 0.573 e. The molecule has 0 aliphatic heterocycles. The zero-order valence-electron chi connectivity index (χ0n) is 7.68. The molecule has 2 N–H and O–H groups in total. The molecule has 0 bridgehead atoms. The molecule has 0 amide bonds. The predicted molar refractivity (Wildman–Crippen MR) is 49.6 cm³/mol. The number of hydrogen-bond donors (Lipinski definition) is 1. The average Bonchev–Trinajstić information content (AvgIpc) is 2.16. The van der Waals surface area contributed by atoms with Crippen LogP contribution < -0.4 is 10.5 Å². The van der Waals surface area contributed by atoms with E-state index in [4.69, 9.17) is 22.6 Å². The Hall–Kier alpha value is -1.68.